The maximum atomic E-state index is 3.61. The summed E-state index contributed by atoms with van der Waals surface area (Å²) in [6.07, 6.45) is 0. The summed E-state index contributed by atoms with van der Waals surface area (Å²) >= 11 is 0. The van der Waals surface area contributed by atoms with Gasteiger partial charge in [0.05, 0.1) is 0 Å². The average molecular weight is 347 g/mol. The Balaban J connectivity index is 2.11. The Morgan fingerprint density at radius 3 is 1.48 bits per heavy atom. The van der Waals surface area contributed by atoms with Crippen LogP contribution in [0, 0.1) is 6.07 Å². The fraction of sp³-hybridized carbons (Fsp3) is 0.111. The van der Waals surface area contributed by atoms with Gasteiger partial charge in [-0.15, -0.1) is 0 Å². The fourth-order valence-corrected chi connectivity index (χ4v) is 3.67. The molecule has 0 unspecified atom stereocenters. The van der Waals surface area contributed by atoms with Crippen LogP contribution in [0.2, 0.25) is 0 Å². The first-order chi connectivity index (χ1) is 13.3. The molecule has 0 heterocycles. The normalized spacial score (nSPS) is 10.9. The van der Waals surface area contributed by atoms with Crippen molar-refractivity contribution in [2.45, 2.75) is 19.8 Å². The van der Waals surface area contributed by atoms with E-state index in [0.29, 0.717) is 5.92 Å². The van der Waals surface area contributed by atoms with Crippen molar-refractivity contribution in [2.75, 3.05) is 0 Å². The van der Waals surface area contributed by atoms with Gasteiger partial charge in [-0.1, -0.05) is 105 Å². The summed E-state index contributed by atoms with van der Waals surface area (Å²) in [6, 6.07) is 37.8. The molecule has 0 bridgehead atoms. The molecule has 0 atom stereocenters. The van der Waals surface area contributed by atoms with Gasteiger partial charge in [0.1, 0.15) is 0 Å². The van der Waals surface area contributed by atoms with Gasteiger partial charge in [-0.2, -0.15) is 0 Å². The van der Waals surface area contributed by atoms with Gasteiger partial charge >= 0.3 is 0 Å². The van der Waals surface area contributed by atoms with E-state index in [1.54, 1.807) is 0 Å². The van der Waals surface area contributed by atoms with E-state index in [-0.39, 0.29) is 0 Å². The number of hydrogen-bond donors (Lipinski definition) is 0. The molecule has 131 valence electrons. The van der Waals surface area contributed by atoms with Crippen LogP contribution in [0.25, 0.3) is 33.4 Å². The lowest BCUT2D eigenvalue weighted by Crippen LogP contribution is -1.98. The van der Waals surface area contributed by atoms with Crippen LogP contribution in [0.15, 0.2) is 97.1 Å². The van der Waals surface area contributed by atoms with Gasteiger partial charge in [-0.05, 0) is 57.0 Å². The summed E-state index contributed by atoms with van der Waals surface area (Å²) in [6.45, 7) is 4.49. The quantitative estimate of drug-likeness (QED) is 0.356. The minimum Gasteiger partial charge on any atom is -0.0622 e. The van der Waals surface area contributed by atoms with Crippen molar-refractivity contribution >= 4 is 0 Å². The maximum Gasteiger partial charge on any atom is -0.00235 e. The van der Waals surface area contributed by atoms with Crippen LogP contribution in [0.1, 0.15) is 25.3 Å². The first-order valence-electron chi connectivity index (χ1n) is 9.50. The molecule has 0 saturated heterocycles. The Hall–Kier alpha value is -3.12. The highest BCUT2D eigenvalue weighted by molar-refractivity contribution is 5.96. The standard InChI is InChI=1S/C27H23/c1-20(2)24-18-19-25(21-12-6-3-7-13-21)27(23-16-10-5-11-17-23)26(24)22-14-8-4-9-15-22/h3-17,19-20H,1-2H3. The molecule has 0 fully saturated rings. The van der Waals surface area contributed by atoms with E-state index in [1.165, 1.54) is 38.9 Å². The minimum atomic E-state index is 0.396. The third-order valence-corrected chi connectivity index (χ3v) is 4.95. The minimum absolute atomic E-state index is 0.396. The molecule has 0 nitrogen and oxygen atoms in total. The van der Waals surface area contributed by atoms with Gasteiger partial charge in [-0.3, -0.25) is 0 Å². The summed E-state index contributed by atoms with van der Waals surface area (Å²) in [4.78, 5) is 0. The van der Waals surface area contributed by atoms with Crippen LogP contribution >= 0.6 is 0 Å². The molecule has 0 spiro atoms. The zero-order valence-corrected chi connectivity index (χ0v) is 15.8. The highest BCUT2D eigenvalue weighted by Crippen LogP contribution is 2.43. The Morgan fingerprint density at radius 1 is 0.556 bits per heavy atom. The van der Waals surface area contributed by atoms with Gasteiger partial charge in [0.15, 0.2) is 0 Å². The molecule has 0 N–H and O–H groups in total. The maximum absolute atomic E-state index is 3.61. The van der Waals surface area contributed by atoms with Gasteiger partial charge in [-0.25, -0.2) is 0 Å². The molecule has 4 aromatic carbocycles. The fourth-order valence-electron chi connectivity index (χ4n) is 3.67. The first-order valence-corrected chi connectivity index (χ1v) is 9.50. The van der Waals surface area contributed by atoms with Crippen molar-refractivity contribution in [2.24, 2.45) is 0 Å². The van der Waals surface area contributed by atoms with E-state index in [0.717, 1.165) is 0 Å². The van der Waals surface area contributed by atoms with Crippen LogP contribution in [-0.4, -0.2) is 0 Å². The Bertz CT molecular complexity index is 1010. The zero-order chi connectivity index (χ0) is 18.6. The summed E-state index contributed by atoms with van der Waals surface area (Å²) in [5.41, 5.74) is 8.78. The van der Waals surface area contributed by atoms with Crippen LogP contribution in [0.5, 0.6) is 0 Å². The predicted octanol–water partition coefficient (Wildman–Crippen LogP) is 7.61. The topological polar surface area (TPSA) is 0 Å². The first kappa shape index (κ1) is 17.3. The predicted molar refractivity (Wildman–Crippen MR) is 116 cm³/mol. The largest absolute Gasteiger partial charge is 0.0622 e. The Morgan fingerprint density at radius 2 is 1.00 bits per heavy atom. The molecule has 0 amide bonds. The monoisotopic (exact) mass is 347 g/mol. The van der Waals surface area contributed by atoms with Crippen molar-refractivity contribution in [1.29, 1.82) is 0 Å². The van der Waals surface area contributed by atoms with Crippen molar-refractivity contribution in [3.05, 3.63) is 109 Å². The Labute approximate surface area is 162 Å². The molecule has 0 saturated carbocycles. The van der Waals surface area contributed by atoms with Gasteiger partial charge in [0, 0.05) is 0 Å². The van der Waals surface area contributed by atoms with Crippen molar-refractivity contribution in [1.82, 2.24) is 0 Å². The van der Waals surface area contributed by atoms with E-state index in [2.05, 4.69) is 117 Å². The van der Waals surface area contributed by atoms with Gasteiger partial charge in [0.2, 0.25) is 0 Å². The van der Waals surface area contributed by atoms with Crippen molar-refractivity contribution in [3.63, 3.8) is 0 Å². The van der Waals surface area contributed by atoms with E-state index in [9.17, 15) is 0 Å². The lowest BCUT2D eigenvalue weighted by molar-refractivity contribution is 0.867. The molecule has 27 heavy (non-hydrogen) atoms. The molecule has 4 rings (SSSR count). The molecular formula is C27H23. The molecule has 0 aliphatic carbocycles. The molecule has 1 radical (unpaired) electrons. The van der Waals surface area contributed by atoms with E-state index in [1.807, 2.05) is 0 Å². The smallest absolute Gasteiger partial charge is 0.00235 e. The molecule has 0 aromatic heterocycles. The highest BCUT2D eigenvalue weighted by atomic mass is 14.2. The summed E-state index contributed by atoms with van der Waals surface area (Å²) < 4.78 is 0. The number of hydrogen-bond acceptors (Lipinski definition) is 0. The van der Waals surface area contributed by atoms with Crippen LogP contribution in [0.4, 0.5) is 0 Å². The third-order valence-electron chi connectivity index (χ3n) is 4.95. The molecule has 4 aromatic rings. The van der Waals surface area contributed by atoms with Gasteiger partial charge < -0.3 is 0 Å². The second-order valence-electron chi connectivity index (χ2n) is 7.12. The highest BCUT2D eigenvalue weighted by Gasteiger charge is 2.19. The average Bonchev–Trinajstić information content (AvgIpc) is 2.74. The molecule has 0 aliphatic rings. The summed E-state index contributed by atoms with van der Waals surface area (Å²) in [7, 11) is 0. The summed E-state index contributed by atoms with van der Waals surface area (Å²) in [5, 5.41) is 0. The van der Waals surface area contributed by atoms with E-state index >= 15 is 0 Å². The third kappa shape index (κ3) is 3.44. The summed E-state index contributed by atoms with van der Waals surface area (Å²) in [5.74, 6) is 0.396. The van der Waals surface area contributed by atoms with E-state index in [4.69, 9.17) is 0 Å². The van der Waals surface area contributed by atoms with Crippen molar-refractivity contribution in [3.8, 4) is 33.4 Å². The SMILES string of the molecule is CC(C)c1[c]cc(-c2ccccc2)c(-c2ccccc2)c1-c1ccccc1. The second-order valence-corrected chi connectivity index (χ2v) is 7.12. The zero-order valence-electron chi connectivity index (χ0n) is 15.8. The van der Waals surface area contributed by atoms with Crippen LogP contribution < -0.4 is 0 Å². The van der Waals surface area contributed by atoms with Crippen LogP contribution in [-0.2, 0) is 0 Å². The molecular weight excluding hydrogens is 324 g/mol. The lowest BCUT2D eigenvalue weighted by Gasteiger charge is -2.21. The lowest BCUT2D eigenvalue weighted by atomic mass is 9.82. The number of benzene rings is 4. The molecule has 0 aliphatic heterocycles. The van der Waals surface area contributed by atoms with Crippen molar-refractivity contribution < 1.29 is 0 Å². The molecule has 0 heteroatoms. The number of rotatable bonds is 4. The van der Waals surface area contributed by atoms with Crippen LogP contribution in [0.3, 0.4) is 0 Å². The van der Waals surface area contributed by atoms with Gasteiger partial charge in [0.25, 0.3) is 0 Å². The second kappa shape index (κ2) is 7.63. The Kier molecular flexibility index (Phi) is 4.89. The van der Waals surface area contributed by atoms with E-state index < -0.39 is 0 Å².